The van der Waals surface area contributed by atoms with E-state index in [1.807, 2.05) is 0 Å². The van der Waals surface area contributed by atoms with Crippen LogP contribution in [0.4, 0.5) is 9.59 Å². The van der Waals surface area contributed by atoms with Crippen LogP contribution in [-0.4, -0.2) is 64.3 Å². The van der Waals surface area contributed by atoms with Gasteiger partial charge in [-0.2, -0.15) is 0 Å². The van der Waals surface area contributed by atoms with Gasteiger partial charge in [0.2, 0.25) is 23.1 Å². The largest absolute Gasteiger partial charge is 0.489 e. The van der Waals surface area contributed by atoms with Crippen molar-refractivity contribution in [3.05, 3.63) is 22.7 Å². The number of hydrogen-bond acceptors (Lipinski definition) is 8. The van der Waals surface area contributed by atoms with Crippen LogP contribution in [0.25, 0.3) is 0 Å². The number of nitrogens with one attached hydrogen (secondary N) is 2. The highest BCUT2D eigenvalue weighted by molar-refractivity contribution is 6.24. The summed E-state index contributed by atoms with van der Waals surface area (Å²) in [5.74, 6) is -2.01. The molecule has 1 aliphatic rings. The number of rotatable bonds is 8. The maximum Gasteiger partial charge on any atom is 0.407 e. The van der Waals surface area contributed by atoms with E-state index in [1.54, 1.807) is 13.8 Å². The molecule has 2 N–H and O–H groups in total. The van der Waals surface area contributed by atoms with Crippen LogP contribution in [0.5, 0.6) is 0 Å². The Hall–Kier alpha value is -3.04. The molecule has 0 unspecified atom stereocenters. The zero-order valence-electron chi connectivity index (χ0n) is 15.1. The number of hydrogen-bond donors (Lipinski definition) is 2. The maximum atomic E-state index is 12.6. The first-order chi connectivity index (χ1) is 12.4. The van der Waals surface area contributed by atoms with Crippen molar-refractivity contribution in [2.75, 3.05) is 40.5 Å². The minimum atomic E-state index is -0.760. The van der Waals surface area contributed by atoms with E-state index in [0.29, 0.717) is 13.1 Å². The van der Waals surface area contributed by atoms with Gasteiger partial charge < -0.3 is 29.6 Å². The monoisotopic (exact) mass is 370 g/mol. The Kier molecular flexibility index (Phi) is 8.13. The molecule has 0 bridgehead atoms. The molecule has 1 aliphatic carbocycles. The Morgan fingerprint density at radius 1 is 0.769 bits per heavy atom. The lowest BCUT2D eigenvalue weighted by Crippen LogP contribution is -2.33. The van der Waals surface area contributed by atoms with Gasteiger partial charge in [-0.05, 0) is 13.8 Å². The fraction of sp³-hybridized carbons (Fsp3) is 0.500. The van der Waals surface area contributed by atoms with Crippen molar-refractivity contribution in [2.45, 2.75) is 13.8 Å². The Labute approximate surface area is 150 Å². The van der Waals surface area contributed by atoms with Crippen LogP contribution < -0.4 is 10.6 Å². The number of methoxy groups -OCH3 is 2. The zero-order valence-corrected chi connectivity index (χ0v) is 15.1. The van der Waals surface area contributed by atoms with E-state index < -0.39 is 37.0 Å². The molecule has 1 rings (SSSR count). The number of carbonyl (C=O) groups is 4. The second-order valence-electron chi connectivity index (χ2n) is 4.89. The Morgan fingerprint density at radius 3 is 1.38 bits per heavy atom. The Bertz CT molecular complexity index is 597. The molecule has 0 radical (unpaired) electrons. The summed E-state index contributed by atoms with van der Waals surface area (Å²) in [6.45, 7) is 3.06. The van der Waals surface area contributed by atoms with Crippen molar-refractivity contribution < 1.29 is 38.1 Å². The fourth-order valence-electron chi connectivity index (χ4n) is 2.10. The molecule has 2 amide bonds. The van der Waals surface area contributed by atoms with Gasteiger partial charge in [0.05, 0.1) is 25.4 Å². The number of Topliss-reactive ketones (excluding diaryl/α,β-unsaturated/α-hetero) is 2. The minimum Gasteiger partial charge on any atom is -0.489 e. The second-order valence-corrected chi connectivity index (χ2v) is 4.89. The summed E-state index contributed by atoms with van der Waals surface area (Å²) in [5.41, 5.74) is -0.300. The Morgan fingerprint density at radius 2 is 1.12 bits per heavy atom. The number of amides is 2. The molecule has 0 aromatic heterocycles. The van der Waals surface area contributed by atoms with Crippen molar-refractivity contribution >= 4 is 23.8 Å². The highest BCUT2D eigenvalue weighted by Gasteiger charge is 2.37. The normalized spacial score (nSPS) is 14.2. The lowest BCUT2D eigenvalue weighted by Gasteiger charge is -2.22. The van der Waals surface area contributed by atoms with E-state index in [1.165, 1.54) is 14.2 Å². The van der Waals surface area contributed by atoms with Crippen molar-refractivity contribution in [1.29, 1.82) is 0 Å². The topological polar surface area (TPSA) is 129 Å². The molecule has 10 nitrogen and oxygen atoms in total. The van der Waals surface area contributed by atoms with E-state index in [4.69, 9.17) is 18.9 Å². The molecule has 0 heterocycles. The molecule has 0 atom stereocenters. The van der Waals surface area contributed by atoms with Gasteiger partial charge in [0.25, 0.3) is 0 Å². The summed E-state index contributed by atoms with van der Waals surface area (Å²) in [4.78, 5) is 48.1. The molecule has 0 aromatic carbocycles. The summed E-state index contributed by atoms with van der Waals surface area (Å²) in [7, 11) is 2.41. The van der Waals surface area contributed by atoms with E-state index in [2.05, 4.69) is 10.6 Å². The van der Waals surface area contributed by atoms with E-state index in [0.717, 1.165) is 0 Å². The first kappa shape index (κ1) is 21.0. The predicted octanol–water partition coefficient (Wildman–Crippen LogP) is 0.431. The van der Waals surface area contributed by atoms with Gasteiger partial charge in [-0.3, -0.25) is 9.59 Å². The molecular weight excluding hydrogens is 348 g/mol. The predicted molar refractivity (Wildman–Crippen MR) is 88.1 cm³/mol. The van der Waals surface area contributed by atoms with E-state index in [9.17, 15) is 19.2 Å². The molecule has 0 saturated heterocycles. The van der Waals surface area contributed by atoms with E-state index >= 15 is 0 Å². The van der Waals surface area contributed by atoms with Gasteiger partial charge in [-0.25, -0.2) is 9.59 Å². The number of alkyl carbamates (subject to hydrolysis) is 2. The van der Waals surface area contributed by atoms with Crippen LogP contribution in [0.3, 0.4) is 0 Å². The Balaban J connectivity index is 3.13. The standard InChI is InChI=1S/C16H22N2O8/c1-5-17-15(21)25-7-9-10(8-26-16(22)18-6-2)12(20)14(24-4)13(23-3)11(9)19/h5-8H2,1-4H3,(H,17,21)(H,18,22). The number of ketones is 2. The molecule has 0 aromatic rings. The number of allylic oxidation sites excluding steroid dienone is 2. The third-order valence-corrected chi connectivity index (χ3v) is 3.28. The highest BCUT2D eigenvalue weighted by atomic mass is 16.6. The summed E-state index contributed by atoms with van der Waals surface area (Å²) in [6, 6.07) is 0. The first-order valence-corrected chi connectivity index (χ1v) is 7.86. The molecule has 10 heteroatoms. The molecule has 26 heavy (non-hydrogen) atoms. The zero-order chi connectivity index (χ0) is 19.7. The van der Waals surface area contributed by atoms with Gasteiger partial charge in [-0.15, -0.1) is 0 Å². The van der Waals surface area contributed by atoms with E-state index in [-0.39, 0.29) is 22.7 Å². The third kappa shape index (κ3) is 4.98. The van der Waals surface area contributed by atoms with Crippen LogP contribution in [0.1, 0.15) is 13.8 Å². The van der Waals surface area contributed by atoms with Gasteiger partial charge in [0.1, 0.15) is 13.2 Å². The van der Waals surface area contributed by atoms with Crippen LogP contribution >= 0.6 is 0 Å². The summed E-state index contributed by atoms with van der Waals surface area (Å²) in [6.07, 6.45) is -1.52. The van der Waals surface area contributed by atoms with Crippen LogP contribution in [0, 0.1) is 0 Å². The SMILES string of the molecule is CCNC(=O)OCC1=C(COC(=O)NCC)C(=O)C(OC)=C(OC)C1=O. The molecule has 144 valence electrons. The van der Waals surface area contributed by atoms with Crippen molar-refractivity contribution in [3.63, 3.8) is 0 Å². The van der Waals surface area contributed by atoms with Crippen LogP contribution in [-0.2, 0) is 28.5 Å². The quantitative estimate of drug-likeness (QED) is 0.589. The van der Waals surface area contributed by atoms with Gasteiger partial charge in [-0.1, -0.05) is 0 Å². The molecule has 0 saturated carbocycles. The lowest BCUT2D eigenvalue weighted by atomic mass is 9.93. The first-order valence-electron chi connectivity index (χ1n) is 7.86. The van der Waals surface area contributed by atoms with Crippen molar-refractivity contribution in [1.82, 2.24) is 10.6 Å². The third-order valence-electron chi connectivity index (χ3n) is 3.28. The van der Waals surface area contributed by atoms with Gasteiger partial charge in [0, 0.05) is 13.1 Å². The number of ether oxygens (including phenoxy) is 4. The molecule has 0 fully saturated rings. The average Bonchev–Trinajstić information content (AvgIpc) is 2.61. The smallest absolute Gasteiger partial charge is 0.407 e. The maximum absolute atomic E-state index is 12.6. The van der Waals surface area contributed by atoms with Gasteiger partial charge >= 0.3 is 12.2 Å². The number of carbonyl (C=O) groups excluding carboxylic acids is 4. The molecular formula is C16H22N2O8. The highest BCUT2D eigenvalue weighted by Crippen LogP contribution is 2.26. The fourth-order valence-corrected chi connectivity index (χ4v) is 2.10. The average molecular weight is 370 g/mol. The summed E-state index contributed by atoms with van der Waals surface area (Å²) >= 11 is 0. The summed E-state index contributed by atoms with van der Waals surface area (Å²) in [5, 5.41) is 4.79. The molecule has 0 spiro atoms. The lowest BCUT2D eigenvalue weighted by molar-refractivity contribution is -0.121. The van der Waals surface area contributed by atoms with Crippen LogP contribution in [0.2, 0.25) is 0 Å². The van der Waals surface area contributed by atoms with Crippen molar-refractivity contribution in [3.8, 4) is 0 Å². The second kappa shape index (κ2) is 10.1. The van der Waals surface area contributed by atoms with Crippen molar-refractivity contribution in [2.24, 2.45) is 0 Å². The summed E-state index contributed by atoms with van der Waals surface area (Å²) < 4.78 is 19.8. The van der Waals surface area contributed by atoms with Gasteiger partial charge in [0.15, 0.2) is 0 Å². The van der Waals surface area contributed by atoms with Crippen LogP contribution in [0.15, 0.2) is 22.7 Å². The molecule has 0 aliphatic heterocycles. The minimum absolute atomic E-state index is 0.150.